The Morgan fingerprint density at radius 1 is 1.11 bits per heavy atom. The summed E-state index contributed by atoms with van der Waals surface area (Å²) in [6.45, 7) is 1.65. The number of aromatic nitrogens is 2. The largest absolute Gasteiger partial charge is 0.454 e. The summed E-state index contributed by atoms with van der Waals surface area (Å²) in [5, 5.41) is 7.46. The van der Waals surface area contributed by atoms with E-state index in [0.29, 0.717) is 23.6 Å². The predicted molar refractivity (Wildman–Crippen MR) is 104 cm³/mol. The number of H-pyrrole nitrogens is 1. The van der Waals surface area contributed by atoms with Gasteiger partial charge in [-0.15, -0.1) is 0 Å². The second-order valence-corrected chi connectivity index (χ2v) is 7.22. The summed E-state index contributed by atoms with van der Waals surface area (Å²) in [4.78, 5) is 15.0. The normalized spacial score (nSPS) is 18.3. The molecule has 28 heavy (non-hydrogen) atoms. The van der Waals surface area contributed by atoms with Crippen molar-refractivity contribution in [3.05, 3.63) is 66.0 Å². The third-order valence-electron chi connectivity index (χ3n) is 5.49. The minimum atomic E-state index is 0.0313. The molecule has 2 aromatic carbocycles. The van der Waals surface area contributed by atoms with Gasteiger partial charge in [0.1, 0.15) is 0 Å². The molecular formula is C22H21N3O3. The van der Waals surface area contributed by atoms with Gasteiger partial charge in [-0.2, -0.15) is 5.10 Å². The van der Waals surface area contributed by atoms with Crippen molar-refractivity contribution >= 4 is 5.91 Å². The van der Waals surface area contributed by atoms with Crippen LogP contribution in [0.2, 0.25) is 0 Å². The highest BCUT2D eigenvalue weighted by Gasteiger charge is 2.29. The first-order chi connectivity index (χ1) is 13.8. The number of carbonyl (C=O) groups excluding carboxylic acids is 1. The molecule has 3 aromatic rings. The molecule has 0 aliphatic carbocycles. The monoisotopic (exact) mass is 375 g/mol. The van der Waals surface area contributed by atoms with Crippen LogP contribution in [0, 0.1) is 0 Å². The smallest absolute Gasteiger partial charge is 0.254 e. The Labute approximate surface area is 163 Å². The Morgan fingerprint density at radius 3 is 2.86 bits per heavy atom. The third kappa shape index (κ3) is 3.01. The van der Waals surface area contributed by atoms with Gasteiger partial charge in [-0.3, -0.25) is 9.89 Å². The molecule has 142 valence electrons. The van der Waals surface area contributed by atoms with Gasteiger partial charge in [0.05, 0.1) is 6.20 Å². The number of aromatic amines is 1. The molecule has 0 saturated carbocycles. The fourth-order valence-corrected chi connectivity index (χ4v) is 4.06. The lowest BCUT2D eigenvalue weighted by Gasteiger charge is -2.33. The average Bonchev–Trinajstić information content (AvgIpc) is 3.43. The SMILES string of the molecule is O=C(c1ccc2c(c1)OCO2)N1CCC[C@H](c2[nH]ncc2-c2ccccc2)C1. The van der Waals surface area contributed by atoms with Crippen molar-refractivity contribution in [3.63, 3.8) is 0 Å². The lowest BCUT2D eigenvalue weighted by Crippen LogP contribution is -2.39. The summed E-state index contributed by atoms with van der Waals surface area (Å²) in [6, 6.07) is 15.6. The van der Waals surface area contributed by atoms with Crippen molar-refractivity contribution in [1.82, 2.24) is 15.1 Å². The Kier molecular flexibility index (Phi) is 4.24. The third-order valence-corrected chi connectivity index (χ3v) is 5.49. The molecule has 2 aliphatic heterocycles. The lowest BCUT2D eigenvalue weighted by molar-refractivity contribution is 0.0705. The molecule has 0 spiro atoms. The van der Waals surface area contributed by atoms with Gasteiger partial charge in [-0.25, -0.2) is 0 Å². The maximum absolute atomic E-state index is 13.1. The van der Waals surface area contributed by atoms with Gasteiger partial charge in [-0.05, 0) is 36.6 Å². The number of nitrogens with one attached hydrogen (secondary N) is 1. The van der Waals surface area contributed by atoms with Crippen molar-refractivity contribution in [1.29, 1.82) is 0 Å². The first kappa shape index (κ1) is 16.9. The molecule has 1 saturated heterocycles. The molecule has 6 heteroatoms. The van der Waals surface area contributed by atoms with Crippen LogP contribution in [0.4, 0.5) is 0 Å². The second-order valence-electron chi connectivity index (χ2n) is 7.22. The molecule has 0 radical (unpaired) electrons. The van der Waals surface area contributed by atoms with E-state index in [9.17, 15) is 4.79 Å². The fraction of sp³-hybridized carbons (Fsp3) is 0.273. The standard InChI is InChI=1S/C22H21N3O3/c26-22(16-8-9-19-20(11-16)28-14-27-19)25-10-4-7-17(13-25)21-18(12-23-24-21)15-5-2-1-3-6-15/h1-3,5-6,8-9,11-12,17H,4,7,10,13-14H2,(H,23,24)/t17-/m0/s1. The van der Waals surface area contributed by atoms with E-state index in [1.807, 2.05) is 35.4 Å². The van der Waals surface area contributed by atoms with Crippen LogP contribution in [0.25, 0.3) is 11.1 Å². The van der Waals surface area contributed by atoms with Crippen LogP contribution in [0.3, 0.4) is 0 Å². The zero-order valence-corrected chi connectivity index (χ0v) is 15.4. The molecule has 1 atom stereocenters. The molecule has 2 aliphatic rings. The summed E-state index contributed by atoms with van der Waals surface area (Å²) in [6.07, 6.45) is 3.88. The number of likely N-dealkylation sites (tertiary alicyclic amines) is 1. The molecule has 6 nitrogen and oxygen atoms in total. The van der Waals surface area contributed by atoms with Crippen molar-refractivity contribution < 1.29 is 14.3 Å². The minimum Gasteiger partial charge on any atom is -0.454 e. The first-order valence-electron chi connectivity index (χ1n) is 9.57. The maximum Gasteiger partial charge on any atom is 0.254 e. The lowest BCUT2D eigenvalue weighted by atomic mass is 9.90. The predicted octanol–water partition coefficient (Wildman–Crippen LogP) is 3.83. The topological polar surface area (TPSA) is 67.5 Å². The van der Waals surface area contributed by atoms with Crippen LogP contribution in [0.1, 0.15) is 34.8 Å². The highest BCUT2D eigenvalue weighted by atomic mass is 16.7. The summed E-state index contributed by atoms with van der Waals surface area (Å²) in [7, 11) is 0. The summed E-state index contributed by atoms with van der Waals surface area (Å²) in [5.41, 5.74) is 4.00. The highest BCUT2D eigenvalue weighted by Crippen LogP contribution is 2.35. The van der Waals surface area contributed by atoms with Gasteiger partial charge in [0.25, 0.3) is 5.91 Å². The van der Waals surface area contributed by atoms with E-state index in [2.05, 4.69) is 22.3 Å². The number of hydrogen-bond donors (Lipinski definition) is 1. The quantitative estimate of drug-likeness (QED) is 0.756. The van der Waals surface area contributed by atoms with E-state index >= 15 is 0 Å². The number of fused-ring (bicyclic) bond motifs is 1. The Morgan fingerprint density at radius 2 is 1.96 bits per heavy atom. The van der Waals surface area contributed by atoms with Crippen LogP contribution in [-0.2, 0) is 0 Å². The fourth-order valence-electron chi connectivity index (χ4n) is 4.06. The van der Waals surface area contributed by atoms with Crippen LogP contribution in [0.5, 0.6) is 11.5 Å². The van der Waals surface area contributed by atoms with Crippen molar-refractivity contribution in [2.75, 3.05) is 19.9 Å². The van der Waals surface area contributed by atoms with Gasteiger partial charge in [-0.1, -0.05) is 30.3 Å². The number of benzene rings is 2. The Bertz CT molecular complexity index is 999. The molecular weight excluding hydrogens is 354 g/mol. The van der Waals surface area contributed by atoms with E-state index < -0.39 is 0 Å². The van der Waals surface area contributed by atoms with Crippen molar-refractivity contribution in [3.8, 4) is 22.6 Å². The molecule has 1 fully saturated rings. The second kappa shape index (κ2) is 7.03. The van der Waals surface area contributed by atoms with E-state index in [-0.39, 0.29) is 18.6 Å². The Balaban J connectivity index is 1.37. The van der Waals surface area contributed by atoms with Crippen molar-refractivity contribution in [2.45, 2.75) is 18.8 Å². The zero-order valence-electron chi connectivity index (χ0n) is 15.4. The summed E-state index contributed by atoms with van der Waals surface area (Å²) < 4.78 is 10.8. The van der Waals surface area contributed by atoms with Crippen LogP contribution in [0.15, 0.2) is 54.7 Å². The molecule has 3 heterocycles. The number of nitrogens with zero attached hydrogens (tertiary/aromatic N) is 2. The van der Waals surface area contributed by atoms with Gasteiger partial charge in [0.15, 0.2) is 11.5 Å². The van der Waals surface area contributed by atoms with Gasteiger partial charge >= 0.3 is 0 Å². The molecule has 1 amide bonds. The van der Waals surface area contributed by atoms with Crippen LogP contribution < -0.4 is 9.47 Å². The van der Waals surface area contributed by atoms with E-state index in [1.165, 1.54) is 0 Å². The zero-order chi connectivity index (χ0) is 18.9. The summed E-state index contributed by atoms with van der Waals surface area (Å²) >= 11 is 0. The molecule has 0 bridgehead atoms. The number of carbonyl (C=O) groups is 1. The molecule has 0 unspecified atom stereocenters. The Hall–Kier alpha value is -3.28. The van der Waals surface area contributed by atoms with E-state index in [0.717, 1.165) is 36.2 Å². The summed E-state index contributed by atoms with van der Waals surface area (Å²) in [5.74, 6) is 1.60. The number of ether oxygens (including phenoxy) is 2. The van der Waals surface area contributed by atoms with Crippen molar-refractivity contribution in [2.24, 2.45) is 0 Å². The molecule has 1 aromatic heterocycles. The molecule has 1 N–H and O–H groups in total. The van der Waals surface area contributed by atoms with Crippen LogP contribution in [-0.4, -0.2) is 40.9 Å². The van der Waals surface area contributed by atoms with Crippen LogP contribution >= 0.6 is 0 Å². The highest BCUT2D eigenvalue weighted by molar-refractivity contribution is 5.95. The number of amides is 1. The van der Waals surface area contributed by atoms with Gasteiger partial charge < -0.3 is 14.4 Å². The average molecular weight is 375 g/mol. The molecule has 5 rings (SSSR count). The number of hydrogen-bond acceptors (Lipinski definition) is 4. The van der Waals surface area contributed by atoms with Gasteiger partial charge in [0.2, 0.25) is 6.79 Å². The van der Waals surface area contributed by atoms with Gasteiger partial charge in [0, 0.05) is 35.8 Å². The maximum atomic E-state index is 13.1. The van der Waals surface area contributed by atoms with E-state index in [4.69, 9.17) is 9.47 Å². The minimum absolute atomic E-state index is 0.0313. The number of rotatable bonds is 3. The first-order valence-corrected chi connectivity index (χ1v) is 9.57. The van der Waals surface area contributed by atoms with E-state index in [1.54, 1.807) is 12.1 Å². The number of piperidine rings is 1.